The van der Waals surface area contributed by atoms with Gasteiger partial charge in [-0.2, -0.15) is 13.2 Å². The topological polar surface area (TPSA) is 95.9 Å². The van der Waals surface area contributed by atoms with Crippen LogP contribution in [0.25, 0.3) is 11.1 Å². The van der Waals surface area contributed by atoms with E-state index in [-0.39, 0.29) is 12.6 Å². The fraction of sp³-hybridized carbons (Fsp3) is 0.222. The van der Waals surface area contributed by atoms with Gasteiger partial charge in [-0.1, -0.05) is 6.07 Å². The zero-order valence-electron chi connectivity index (χ0n) is 14.8. The molecule has 3 N–H and O–H groups in total. The van der Waals surface area contributed by atoms with Gasteiger partial charge in [0.25, 0.3) is 0 Å². The van der Waals surface area contributed by atoms with Gasteiger partial charge in [-0.25, -0.2) is 19.9 Å². The largest absolute Gasteiger partial charge is 0.433 e. The number of rotatable bonds is 6. The van der Waals surface area contributed by atoms with Gasteiger partial charge in [0.05, 0.1) is 6.61 Å². The van der Waals surface area contributed by atoms with Gasteiger partial charge in [0.15, 0.2) is 0 Å². The van der Waals surface area contributed by atoms with Gasteiger partial charge in [-0.05, 0) is 36.2 Å². The van der Waals surface area contributed by atoms with E-state index >= 15 is 0 Å². The highest BCUT2D eigenvalue weighted by Gasteiger charge is 2.32. The van der Waals surface area contributed by atoms with Crippen LogP contribution in [-0.2, 0) is 6.18 Å². The third-order valence-corrected chi connectivity index (χ3v) is 3.66. The number of hydrogen-bond acceptors (Lipinski definition) is 7. The maximum Gasteiger partial charge on any atom is 0.433 e. The first-order chi connectivity index (χ1) is 13.3. The summed E-state index contributed by atoms with van der Waals surface area (Å²) in [5.74, 6) is 0.243. The molecule has 0 spiro atoms. The molecule has 0 fully saturated rings. The molecule has 0 saturated heterocycles. The molecule has 7 nitrogen and oxygen atoms in total. The Balaban J connectivity index is 1.84. The van der Waals surface area contributed by atoms with E-state index in [1.807, 2.05) is 13.0 Å². The second kappa shape index (κ2) is 8.17. The monoisotopic (exact) mass is 390 g/mol. The van der Waals surface area contributed by atoms with Crippen LogP contribution in [0, 0.1) is 6.92 Å². The van der Waals surface area contributed by atoms with Crippen molar-refractivity contribution in [3.05, 3.63) is 54.1 Å². The van der Waals surface area contributed by atoms with Crippen molar-refractivity contribution in [2.24, 2.45) is 0 Å². The lowest BCUT2D eigenvalue weighted by Gasteiger charge is -2.11. The fourth-order valence-corrected chi connectivity index (χ4v) is 2.46. The molecule has 0 aliphatic heterocycles. The lowest BCUT2D eigenvalue weighted by molar-refractivity contribution is -0.141. The molecule has 0 aliphatic carbocycles. The zero-order chi connectivity index (χ0) is 20.1. The van der Waals surface area contributed by atoms with E-state index in [9.17, 15) is 13.2 Å². The van der Waals surface area contributed by atoms with E-state index in [1.165, 1.54) is 0 Å². The number of aliphatic hydroxyl groups excluding tert-OH is 1. The molecular weight excluding hydrogens is 373 g/mol. The second-order valence-electron chi connectivity index (χ2n) is 5.92. The van der Waals surface area contributed by atoms with Crippen LogP contribution in [0.15, 0.2) is 42.9 Å². The first kappa shape index (κ1) is 19.5. The number of hydrogen-bond donors (Lipinski definition) is 3. The summed E-state index contributed by atoms with van der Waals surface area (Å²) in [6.07, 6.45) is -0.251. The molecule has 2 aromatic heterocycles. The van der Waals surface area contributed by atoms with Crippen LogP contribution >= 0.6 is 0 Å². The van der Waals surface area contributed by atoms with Crippen LogP contribution in [0.1, 0.15) is 11.3 Å². The van der Waals surface area contributed by atoms with Gasteiger partial charge in [-0.15, -0.1) is 0 Å². The molecule has 146 valence electrons. The maximum atomic E-state index is 12.8. The van der Waals surface area contributed by atoms with Crippen LogP contribution in [0.3, 0.4) is 0 Å². The van der Waals surface area contributed by atoms with Crippen molar-refractivity contribution in [2.75, 3.05) is 23.8 Å². The molecule has 2 heterocycles. The van der Waals surface area contributed by atoms with Crippen molar-refractivity contribution in [2.45, 2.75) is 13.1 Å². The summed E-state index contributed by atoms with van der Waals surface area (Å²) < 4.78 is 38.4. The Hall–Kier alpha value is -3.27. The summed E-state index contributed by atoms with van der Waals surface area (Å²) in [6.45, 7) is 2.17. The number of nitrogens with one attached hydrogen (secondary N) is 2. The van der Waals surface area contributed by atoms with Crippen LogP contribution in [0.4, 0.5) is 30.8 Å². The highest BCUT2D eigenvalue weighted by molar-refractivity contribution is 5.70. The highest BCUT2D eigenvalue weighted by Crippen LogP contribution is 2.29. The van der Waals surface area contributed by atoms with Crippen LogP contribution in [0.5, 0.6) is 0 Å². The van der Waals surface area contributed by atoms with E-state index in [1.54, 1.807) is 24.5 Å². The Morgan fingerprint density at radius 3 is 2.43 bits per heavy atom. The van der Waals surface area contributed by atoms with E-state index in [0.29, 0.717) is 18.2 Å². The average Bonchev–Trinajstić information content (AvgIpc) is 2.66. The van der Waals surface area contributed by atoms with Crippen LogP contribution < -0.4 is 10.6 Å². The molecule has 0 unspecified atom stereocenters. The van der Waals surface area contributed by atoms with Gasteiger partial charge in [0, 0.05) is 36.4 Å². The Bertz CT molecular complexity index is 947. The summed E-state index contributed by atoms with van der Waals surface area (Å²) in [7, 11) is 0. The Morgan fingerprint density at radius 1 is 1.00 bits per heavy atom. The normalized spacial score (nSPS) is 11.3. The van der Waals surface area contributed by atoms with E-state index in [2.05, 4.69) is 30.6 Å². The molecule has 0 saturated carbocycles. The standard InChI is InChI=1S/C18H17F3N6O/c1-11-6-12(13-9-24-16(25-10-13)23-4-5-28)8-14(7-11)26-17-22-3-2-15(27-17)18(19,20)21/h2-3,6-10,28H,4-5H2,1H3,(H,22,26,27)(H,23,24,25). The molecule has 1 aromatic carbocycles. The van der Waals surface area contributed by atoms with Crippen molar-refractivity contribution >= 4 is 17.6 Å². The quantitative estimate of drug-likeness (QED) is 0.594. The van der Waals surface area contributed by atoms with Crippen molar-refractivity contribution in [1.29, 1.82) is 0 Å². The summed E-state index contributed by atoms with van der Waals surface area (Å²) in [5.41, 5.74) is 1.91. The van der Waals surface area contributed by atoms with E-state index < -0.39 is 11.9 Å². The average molecular weight is 390 g/mol. The molecule has 10 heteroatoms. The van der Waals surface area contributed by atoms with E-state index in [4.69, 9.17) is 5.11 Å². The first-order valence-electron chi connectivity index (χ1n) is 8.31. The van der Waals surface area contributed by atoms with Gasteiger partial charge >= 0.3 is 6.18 Å². The number of aryl methyl sites for hydroxylation is 1. The predicted octanol–water partition coefficient (Wildman–Crippen LogP) is 3.41. The fourth-order valence-electron chi connectivity index (χ4n) is 2.46. The van der Waals surface area contributed by atoms with Gasteiger partial charge in [0.1, 0.15) is 5.69 Å². The second-order valence-corrected chi connectivity index (χ2v) is 5.92. The lowest BCUT2D eigenvalue weighted by atomic mass is 10.1. The lowest BCUT2D eigenvalue weighted by Crippen LogP contribution is -2.10. The number of anilines is 3. The summed E-state index contributed by atoms with van der Waals surface area (Å²) >= 11 is 0. The Labute approximate surface area is 158 Å². The van der Waals surface area contributed by atoms with Gasteiger partial charge < -0.3 is 15.7 Å². The van der Waals surface area contributed by atoms with Gasteiger partial charge in [0.2, 0.25) is 11.9 Å². The zero-order valence-corrected chi connectivity index (χ0v) is 14.8. The minimum Gasteiger partial charge on any atom is -0.395 e. The third-order valence-electron chi connectivity index (χ3n) is 3.66. The van der Waals surface area contributed by atoms with Crippen molar-refractivity contribution < 1.29 is 18.3 Å². The highest BCUT2D eigenvalue weighted by atomic mass is 19.4. The maximum absolute atomic E-state index is 12.8. The number of aromatic nitrogens is 4. The third kappa shape index (κ3) is 4.92. The molecular formula is C18H17F3N6O. The molecule has 28 heavy (non-hydrogen) atoms. The number of halogens is 3. The van der Waals surface area contributed by atoms with Crippen molar-refractivity contribution in [1.82, 2.24) is 19.9 Å². The van der Waals surface area contributed by atoms with Crippen LogP contribution in [-0.4, -0.2) is 38.2 Å². The molecule has 3 aromatic rings. The molecule has 0 radical (unpaired) electrons. The smallest absolute Gasteiger partial charge is 0.395 e. The minimum absolute atomic E-state index is 0.0321. The van der Waals surface area contributed by atoms with Crippen molar-refractivity contribution in [3.8, 4) is 11.1 Å². The number of aliphatic hydroxyl groups is 1. The molecule has 0 bridgehead atoms. The number of alkyl halides is 3. The Morgan fingerprint density at radius 2 is 1.75 bits per heavy atom. The van der Waals surface area contributed by atoms with E-state index in [0.717, 1.165) is 29.0 Å². The summed E-state index contributed by atoms with van der Waals surface area (Å²) in [5, 5.41) is 14.5. The minimum atomic E-state index is -4.54. The SMILES string of the molecule is Cc1cc(Nc2nccc(C(F)(F)F)n2)cc(-c2cnc(NCCO)nc2)c1. The molecule has 0 amide bonds. The van der Waals surface area contributed by atoms with Gasteiger partial charge in [-0.3, -0.25) is 0 Å². The first-order valence-corrected chi connectivity index (χ1v) is 8.31. The molecule has 3 rings (SSSR count). The number of benzene rings is 1. The Kier molecular flexibility index (Phi) is 5.69. The molecule has 0 aliphatic rings. The molecule has 0 atom stereocenters. The summed E-state index contributed by atoms with van der Waals surface area (Å²) in [6, 6.07) is 6.23. The predicted molar refractivity (Wildman–Crippen MR) is 98.1 cm³/mol. The summed E-state index contributed by atoms with van der Waals surface area (Å²) in [4.78, 5) is 15.7. The van der Waals surface area contributed by atoms with Crippen molar-refractivity contribution in [3.63, 3.8) is 0 Å². The number of nitrogens with zero attached hydrogens (tertiary/aromatic N) is 4. The van der Waals surface area contributed by atoms with Crippen LogP contribution in [0.2, 0.25) is 0 Å².